The van der Waals surface area contributed by atoms with E-state index in [9.17, 15) is 8.42 Å². The van der Waals surface area contributed by atoms with Crippen molar-refractivity contribution >= 4 is 44.5 Å². The summed E-state index contributed by atoms with van der Waals surface area (Å²) in [6.45, 7) is 0.446. The van der Waals surface area contributed by atoms with Gasteiger partial charge in [0.05, 0.1) is 18.6 Å². The molecule has 8 heteroatoms. The zero-order chi connectivity index (χ0) is 19.4. The summed E-state index contributed by atoms with van der Waals surface area (Å²) in [5, 5.41) is 4.31. The average molecular weight is 425 g/mol. The second kappa shape index (κ2) is 8.46. The molecule has 1 aliphatic heterocycles. The van der Waals surface area contributed by atoms with Crippen molar-refractivity contribution in [2.45, 2.75) is 19.0 Å². The Morgan fingerprint density at radius 1 is 1.26 bits per heavy atom. The number of thiocarbonyl (C=S) groups is 1. The molecule has 1 heterocycles. The van der Waals surface area contributed by atoms with Crippen LogP contribution in [0.15, 0.2) is 48.5 Å². The molecule has 0 aliphatic carbocycles. The molecular weight excluding hydrogens is 404 g/mol. The van der Waals surface area contributed by atoms with Crippen LogP contribution in [0.1, 0.15) is 12.0 Å². The van der Waals surface area contributed by atoms with Gasteiger partial charge in [-0.15, -0.1) is 0 Å². The minimum atomic E-state index is -3.04. The fourth-order valence-electron chi connectivity index (χ4n) is 3.07. The molecule has 0 radical (unpaired) electrons. The third-order valence-corrected chi connectivity index (χ3v) is 7.01. The molecule has 1 aliphatic rings. The van der Waals surface area contributed by atoms with Crippen LogP contribution in [-0.2, 0) is 16.4 Å². The number of halogens is 1. The van der Waals surface area contributed by atoms with Crippen molar-refractivity contribution in [1.82, 2.24) is 4.90 Å². The van der Waals surface area contributed by atoms with E-state index in [1.54, 1.807) is 7.11 Å². The number of methoxy groups -OCH3 is 1. The largest absolute Gasteiger partial charge is 0.497 e. The number of hydrogen-bond donors (Lipinski definition) is 1. The highest BCUT2D eigenvalue weighted by atomic mass is 35.5. The van der Waals surface area contributed by atoms with Gasteiger partial charge in [-0.1, -0.05) is 29.8 Å². The van der Waals surface area contributed by atoms with E-state index in [0.29, 0.717) is 23.1 Å². The summed E-state index contributed by atoms with van der Waals surface area (Å²) in [5.74, 6) is 1.03. The van der Waals surface area contributed by atoms with Gasteiger partial charge in [-0.25, -0.2) is 8.42 Å². The first-order valence-electron chi connectivity index (χ1n) is 8.53. The Morgan fingerprint density at radius 2 is 1.96 bits per heavy atom. The number of hydrogen-bond acceptors (Lipinski definition) is 4. The van der Waals surface area contributed by atoms with Gasteiger partial charge in [0.1, 0.15) is 5.75 Å². The fraction of sp³-hybridized carbons (Fsp3) is 0.316. The zero-order valence-electron chi connectivity index (χ0n) is 14.9. The van der Waals surface area contributed by atoms with E-state index in [1.807, 2.05) is 53.4 Å². The minimum absolute atomic E-state index is 0.0991. The fourth-order valence-corrected chi connectivity index (χ4v) is 5.33. The summed E-state index contributed by atoms with van der Waals surface area (Å²) in [6.07, 6.45) is 0.553. The summed E-state index contributed by atoms with van der Waals surface area (Å²) >= 11 is 11.9. The molecule has 1 atom stereocenters. The maximum atomic E-state index is 12.0. The number of ether oxygens (including phenoxy) is 1. The number of anilines is 1. The second-order valence-electron chi connectivity index (χ2n) is 6.43. The molecule has 2 aromatic rings. The highest BCUT2D eigenvalue weighted by molar-refractivity contribution is 7.91. The van der Waals surface area contributed by atoms with E-state index >= 15 is 0 Å². The zero-order valence-corrected chi connectivity index (χ0v) is 17.3. The Hall–Kier alpha value is -1.83. The standard InChI is InChI=1S/C19H21ClN2O3S2/c1-25-17-8-6-15(7-9-17)21-19(26)22(16-10-11-27(23,24)13-16)12-14-4-2-3-5-18(14)20/h2-9,16H,10-13H2,1H3,(H,21,26)/t16-/m1/s1. The SMILES string of the molecule is COc1ccc(NC(=S)N(Cc2ccccc2Cl)[C@@H]2CCS(=O)(=O)C2)cc1. The number of rotatable bonds is 5. The van der Waals surface area contributed by atoms with Crippen molar-refractivity contribution in [2.75, 3.05) is 23.9 Å². The minimum Gasteiger partial charge on any atom is -0.497 e. The number of nitrogens with one attached hydrogen (secondary N) is 1. The van der Waals surface area contributed by atoms with Gasteiger partial charge >= 0.3 is 0 Å². The third kappa shape index (κ3) is 5.12. The molecule has 1 N–H and O–H groups in total. The van der Waals surface area contributed by atoms with Crippen LogP contribution in [0.5, 0.6) is 5.75 Å². The molecule has 2 aromatic carbocycles. The molecule has 1 fully saturated rings. The first kappa shape index (κ1) is 19.9. The lowest BCUT2D eigenvalue weighted by molar-refractivity contribution is 0.332. The summed E-state index contributed by atoms with van der Waals surface area (Å²) in [5.41, 5.74) is 1.72. The number of sulfone groups is 1. The molecule has 1 saturated heterocycles. The van der Waals surface area contributed by atoms with E-state index in [-0.39, 0.29) is 17.5 Å². The van der Waals surface area contributed by atoms with Crippen LogP contribution in [0, 0.1) is 0 Å². The lowest BCUT2D eigenvalue weighted by Crippen LogP contribution is -2.43. The number of nitrogens with zero attached hydrogens (tertiary/aromatic N) is 1. The summed E-state index contributed by atoms with van der Waals surface area (Å²) < 4.78 is 29.1. The van der Waals surface area contributed by atoms with Crippen molar-refractivity contribution in [3.05, 3.63) is 59.1 Å². The molecule has 0 bridgehead atoms. The first-order chi connectivity index (χ1) is 12.9. The highest BCUT2D eigenvalue weighted by Crippen LogP contribution is 2.25. The van der Waals surface area contributed by atoms with Gasteiger partial charge in [0, 0.05) is 23.3 Å². The van der Waals surface area contributed by atoms with Crippen LogP contribution in [0.3, 0.4) is 0 Å². The Labute approximate surface area is 170 Å². The third-order valence-electron chi connectivity index (χ3n) is 4.55. The summed E-state index contributed by atoms with van der Waals surface area (Å²) in [7, 11) is -1.43. The molecule has 0 saturated carbocycles. The Balaban J connectivity index is 1.81. The molecule has 5 nitrogen and oxygen atoms in total. The van der Waals surface area contributed by atoms with Crippen molar-refractivity contribution in [3.8, 4) is 5.75 Å². The van der Waals surface area contributed by atoms with Crippen LogP contribution >= 0.6 is 23.8 Å². The van der Waals surface area contributed by atoms with Crippen molar-refractivity contribution in [2.24, 2.45) is 0 Å². The van der Waals surface area contributed by atoms with Crippen LogP contribution in [-0.4, -0.2) is 43.1 Å². The summed E-state index contributed by atoms with van der Waals surface area (Å²) in [4.78, 5) is 1.92. The van der Waals surface area contributed by atoms with Crippen LogP contribution < -0.4 is 10.1 Å². The predicted molar refractivity (Wildman–Crippen MR) is 113 cm³/mol. The highest BCUT2D eigenvalue weighted by Gasteiger charge is 2.33. The maximum absolute atomic E-state index is 12.0. The van der Waals surface area contributed by atoms with Crippen molar-refractivity contribution in [1.29, 1.82) is 0 Å². The van der Waals surface area contributed by atoms with Gasteiger partial charge in [0.25, 0.3) is 0 Å². The van der Waals surface area contributed by atoms with Crippen LogP contribution in [0.25, 0.3) is 0 Å². The van der Waals surface area contributed by atoms with Gasteiger partial charge < -0.3 is 15.0 Å². The smallest absolute Gasteiger partial charge is 0.174 e. The monoisotopic (exact) mass is 424 g/mol. The molecular formula is C19H21ClN2O3S2. The Bertz CT molecular complexity index is 917. The summed E-state index contributed by atoms with van der Waals surface area (Å²) in [6, 6.07) is 14.7. The predicted octanol–water partition coefficient (Wildman–Crippen LogP) is 3.73. The lowest BCUT2D eigenvalue weighted by atomic mass is 10.1. The van der Waals surface area contributed by atoms with Gasteiger partial charge in [-0.3, -0.25) is 0 Å². The van der Waals surface area contributed by atoms with Crippen LogP contribution in [0.4, 0.5) is 5.69 Å². The Kier molecular flexibility index (Phi) is 6.24. The van der Waals surface area contributed by atoms with E-state index in [1.165, 1.54) is 0 Å². The van der Waals surface area contributed by atoms with E-state index in [0.717, 1.165) is 17.0 Å². The molecule has 144 valence electrons. The first-order valence-corrected chi connectivity index (χ1v) is 11.1. The maximum Gasteiger partial charge on any atom is 0.174 e. The van der Waals surface area contributed by atoms with Gasteiger partial charge in [0.15, 0.2) is 14.9 Å². The molecule has 3 rings (SSSR count). The van der Waals surface area contributed by atoms with Crippen molar-refractivity contribution in [3.63, 3.8) is 0 Å². The topological polar surface area (TPSA) is 58.6 Å². The molecule has 0 aromatic heterocycles. The van der Waals surface area contributed by atoms with Gasteiger partial charge in [-0.2, -0.15) is 0 Å². The van der Waals surface area contributed by atoms with Crippen molar-refractivity contribution < 1.29 is 13.2 Å². The number of benzene rings is 2. The molecule has 0 amide bonds. The van der Waals surface area contributed by atoms with Gasteiger partial charge in [0.2, 0.25) is 0 Å². The van der Waals surface area contributed by atoms with E-state index in [2.05, 4.69) is 5.32 Å². The normalized spacial score (nSPS) is 18.1. The average Bonchev–Trinajstić information content (AvgIpc) is 3.01. The second-order valence-corrected chi connectivity index (χ2v) is 9.46. The molecule has 27 heavy (non-hydrogen) atoms. The van der Waals surface area contributed by atoms with Crippen LogP contribution in [0.2, 0.25) is 5.02 Å². The van der Waals surface area contributed by atoms with Gasteiger partial charge in [-0.05, 0) is 54.5 Å². The lowest BCUT2D eigenvalue weighted by Gasteiger charge is -2.31. The Morgan fingerprint density at radius 3 is 2.56 bits per heavy atom. The van der Waals surface area contributed by atoms with E-state index in [4.69, 9.17) is 28.6 Å². The quantitative estimate of drug-likeness (QED) is 0.738. The molecule has 0 unspecified atom stereocenters. The molecule has 0 spiro atoms. The van der Waals surface area contributed by atoms with E-state index < -0.39 is 9.84 Å².